The van der Waals surface area contributed by atoms with E-state index in [1.54, 1.807) is 11.1 Å². The topological polar surface area (TPSA) is 58.6 Å². The zero-order valence-corrected chi connectivity index (χ0v) is 16.0. The first-order valence-electron chi connectivity index (χ1n) is 8.61. The van der Waals surface area contributed by atoms with E-state index in [1.165, 1.54) is 0 Å². The zero-order chi connectivity index (χ0) is 18.7. The van der Waals surface area contributed by atoms with Crippen molar-refractivity contribution in [1.82, 2.24) is 14.9 Å². The average Bonchev–Trinajstić information content (AvgIpc) is 2.60. The standard InChI is InChI=1S/C19H23ClN4O2/c1-19(2,3)26-18(25)23-11-12-24(16-9-10-21-17(20)22-16)15(13-23)14-7-5-4-6-8-14/h4-10,15H,11-13H2,1-3H3. The number of ether oxygens (including phenoxy) is 1. The highest BCUT2D eigenvalue weighted by Crippen LogP contribution is 2.30. The SMILES string of the molecule is CC(C)(C)OC(=O)N1CCN(c2ccnc(Cl)n2)C(c2ccccc2)C1. The summed E-state index contributed by atoms with van der Waals surface area (Å²) in [6, 6.07) is 11.9. The summed E-state index contributed by atoms with van der Waals surface area (Å²) in [4.78, 5) is 24.7. The Morgan fingerprint density at radius 2 is 1.92 bits per heavy atom. The summed E-state index contributed by atoms with van der Waals surface area (Å²) in [6.45, 7) is 7.32. The highest BCUT2D eigenvalue weighted by Gasteiger charge is 2.33. The van der Waals surface area contributed by atoms with Gasteiger partial charge in [-0.1, -0.05) is 30.3 Å². The minimum Gasteiger partial charge on any atom is -0.444 e. The highest BCUT2D eigenvalue weighted by atomic mass is 35.5. The Morgan fingerprint density at radius 1 is 1.19 bits per heavy atom. The zero-order valence-electron chi connectivity index (χ0n) is 15.2. The number of anilines is 1. The summed E-state index contributed by atoms with van der Waals surface area (Å²) in [5.74, 6) is 0.752. The fraction of sp³-hybridized carbons (Fsp3) is 0.421. The van der Waals surface area contributed by atoms with Gasteiger partial charge >= 0.3 is 6.09 Å². The van der Waals surface area contributed by atoms with Crippen molar-refractivity contribution in [3.05, 3.63) is 53.4 Å². The van der Waals surface area contributed by atoms with E-state index in [0.717, 1.165) is 11.4 Å². The Hall–Kier alpha value is -2.34. The van der Waals surface area contributed by atoms with Gasteiger partial charge < -0.3 is 14.5 Å². The molecule has 0 N–H and O–H groups in total. The van der Waals surface area contributed by atoms with Crippen LogP contribution in [0.4, 0.5) is 10.6 Å². The van der Waals surface area contributed by atoms with Crippen molar-refractivity contribution in [2.24, 2.45) is 0 Å². The van der Waals surface area contributed by atoms with Crippen molar-refractivity contribution >= 4 is 23.5 Å². The molecule has 0 bridgehead atoms. The van der Waals surface area contributed by atoms with Gasteiger partial charge in [-0.15, -0.1) is 0 Å². The fourth-order valence-electron chi connectivity index (χ4n) is 3.00. The van der Waals surface area contributed by atoms with Crippen molar-refractivity contribution in [2.45, 2.75) is 32.4 Å². The Balaban J connectivity index is 1.87. The van der Waals surface area contributed by atoms with E-state index in [4.69, 9.17) is 16.3 Å². The maximum Gasteiger partial charge on any atom is 0.410 e. The van der Waals surface area contributed by atoms with Gasteiger partial charge in [-0.05, 0) is 44.0 Å². The molecule has 1 aliphatic heterocycles. The second-order valence-electron chi connectivity index (χ2n) is 7.23. The van der Waals surface area contributed by atoms with Crippen LogP contribution in [0.5, 0.6) is 0 Å². The first-order valence-corrected chi connectivity index (χ1v) is 8.99. The van der Waals surface area contributed by atoms with E-state index < -0.39 is 5.60 Å². The van der Waals surface area contributed by atoms with E-state index in [0.29, 0.717) is 19.6 Å². The second kappa shape index (κ2) is 7.50. The number of hydrogen-bond donors (Lipinski definition) is 0. The largest absolute Gasteiger partial charge is 0.444 e. The van der Waals surface area contributed by atoms with Crippen LogP contribution in [0.15, 0.2) is 42.6 Å². The lowest BCUT2D eigenvalue weighted by atomic mass is 10.0. The predicted molar refractivity (Wildman–Crippen MR) is 101 cm³/mol. The summed E-state index contributed by atoms with van der Waals surface area (Å²) in [5, 5.41) is 0.212. The lowest BCUT2D eigenvalue weighted by Gasteiger charge is -2.42. The third kappa shape index (κ3) is 4.43. The molecule has 1 aromatic carbocycles. The molecule has 2 heterocycles. The number of hydrogen-bond acceptors (Lipinski definition) is 5. The molecule has 138 valence electrons. The van der Waals surface area contributed by atoms with Crippen LogP contribution >= 0.6 is 11.6 Å². The molecular weight excluding hydrogens is 352 g/mol. The molecule has 0 spiro atoms. The molecular formula is C19H23ClN4O2. The van der Waals surface area contributed by atoms with Crippen LogP contribution in [0.1, 0.15) is 32.4 Å². The van der Waals surface area contributed by atoms with Gasteiger partial charge in [0.1, 0.15) is 11.4 Å². The van der Waals surface area contributed by atoms with Gasteiger partial charge in [-0.25, -0.2) is 14.8 Å². The molecule has 26 heavy (non-hydrogen) atoms. The summed E-state index contributed by atoms with van der Waals surface area (Å²) < 4.78 is 5.54. The summed E-state index contributed by atoms with van der Waals surface area (Å²) in [5.41, 5.74) is 0.590. The van der Waals surface area contributed by atoms with E-state index >= 15 is 0 Å². The molecule has 1 saturated heterocycles. The number of amides is 1. The third-order valence-corrected chi connectivity index (χ3v) is 4.30. The van der Waals surface area contributed by atoms with Gasteiger partial charge in [0.15, 0.2) is 0 Å². The molecule has 7 heteroatoms. The summed E-state index contributed by atoms with van der Waals surface area (Å²) in [7, 11) is 0. The molecule has 1 aliphatic rings. The number of rotatable bonds is 2. The van der Waals surface area contributed by atoms with Crippen LogP contribution in [0.2, 0.25) is 5.28 Å². The van der Waals surface area contributed by atoms with Gasteiger partial charge in [0.05, 0.1) is 6.04 Å². The number of halogens is 1. The van der Waals surface area contributed by atoms with E-state index in [1.807, 2.05) is 45.0 Å². The van der Waals surface area contributed by atoms with Gasteiger partial charge in [-0.3, -0.25) is 0 Å². The Kier molecular flexibility index (Phi) is 5.32. The Bertz CT molecular complexity index is 764. The molecule has 6 nitrogen and oxygen atoms in total. The molecule has 3 rings (SSSR count). The monoisotopic (exact) mass is 374 g/mol. The third-order valence-electron chi connectivity index (χ3n) is 4.12. The fourth-order valence-corrected chi connectivity index (χ4v) is 3.14. The van der Waals surface area contributed by atoms with Crippen LogP contribution in [0.25, 0.3) is 0 Å². The maximum absolute atomic E-state index is 12.5. The van der Waals surface area contributed by atoms with E-state index in [9.17, 15) is 4.79 Å². The molecule has 1 amide bonds. The lowest BCUT2D eigenvalue weighted by Crippen LogP contribution is -2.52. The molecule has 0 saturated carbocycles. The molecule has 0 radical (unpaired) electrons. The Labute approximate surface area is 158 Å². The molecule has 2 aromatic rings. The van der Waals surface area contributed by atoms with Crippen molar-refractivity contribution < 1.29 is 9.53 Å². The molecule has 1 unspecified atom stereocenters. The van der Waals surface area contributed by atoms with Crippen molar-refractivity contribution in [3.63, 3.8) is 0 Å². The summed E-state index contributed by atoms with van der Waals surface area (Å²) >= 11 is 5.98. The minimum atomic E-state index is -0.517. The van der Waals surface area contributed by atoms with Gasteiger partial charge in [0.2, 0.25) is 5.28 Å². The number of benzene rings is 1. The first-order chi connectivity index (χ1) is 12.3. The minimum absolute atomic E-state index is 0.0385. The van der Waals surface area contributed by atoms with Crippen molar-refractivity contribution in [1.29, 1.82) is 0 Å². The second-order valence-corrected chi connectivity index (χ2v) is 7.57. The molecule has 1 fully saturated rings. The van der Waals surface area contributed by atoms with Crippen LogP contribution in [0, 0.1) is 0 Å². The predicted octanol–water partition coefficient (Wildman–Crippen LogP) is 3.93. The maximum atomic E-state index is 12.5. The number of carbonyl (C=O) groups is 1. The molecule has 0 aliphatic carbocycles. The number of carbonyl (C=O) groups excluding carboxylic acids is 1. The number of piperazine rings is 1. The Morgan fingerprint density at radius 3 is 2.58 bits per heavy atom. The van der Waals surface area contributed by atoms with E-state index in [-0.39, 0.29) is 17.4 Å². The highest BCUT2D eigenvalue weighted by molar-refractivity contribution is 6.28. The average molecular weight is 375 g/mol. The van der Waals surface area contributed by atoms with Crippen LogP contribution in [-0.2, 0) is 4.74 Å². The van der Waals surface area contributed by atoms with Crippen LogP contribution in [-0.4, -0.2) is 46.2 Å². The van der Waals surface area contributed by atoms with Crippen molar-refractivity contribution in [2.75, 3.05) is 24.5 Å². The number of aromatic nitrogens is 2. The summed E-state index contributed by atoms with van der Waals surface area (Å²) in [6.07, 6.45) is 1.35. The van der Waals surface area contributed by atoms with Gasteiger partial charge in [0.25, 0.3) is 0 Å². The molecule has 1 aromatic heterocycles. The lowest BCUT2D eigenvalue weighted by molar-refractivity contribution is 0.0213. The smallest absolute Gasteiger partial charge is 0.410 e. The normalized spacial score (nSPS) is 17.9. The number of nitrogens with zero attached hydrogens (tertiary/aromatic N) is 4. The van der Waals surface area contributed by atoms with Gasteiger partial charge in [0, 0.05) is 25.8 Å². The molecule has 1 atom stereocenters. The van der Waals surface area contributed by atoms with Crippen LogP contribution in [0.3, 0.4) is 0 Å². The van der Waals surface area contributed by atoms with Crippen molar-refractivity contribution in [3.8, 4) is 0 Å². The van der Waals surface area contributed by atoms with E-state index in [2.05, 4.69) is 27.0 Å². The van der Waals surface area contributed by atoms with Crippen LogP contribution < -0.4 is 4.90 Å². The first kappa shape index (κ1) is 18.5. The van der Waals surface area contributed by atoms with Gasteiger partial charge in [-0.2, -0.15) is 0 Å². The quantitative estimate of drug-likeness (QED) is 0.745.